The van der Waals surface area contributed by atoms with Gasteiger partial charge in [-0.1, -0.05) is 36.4 Å². The van der Waals surface area contributed by atoms with Crippen molar-refractivity contribution < 1.29 is 18.4 Å². The summed E-state index contributed by atoms with van der Waals surface area (Å²) >= 11 is 0. The first-order chi connectivity index (χ1) is 12.0. The van der Waals surface area contributed by atoms with Crippen LogP contribution in [-0.4, -0.2) is 11.7 Å². The predicted octanol–water partition coefficient (Wildman–Crippen LogP) is 4.59. The monoisotopic (exact) mass is 345 g/mol. The second-order valence-electron chi connectivity index (χ2n) is 5.96. The van der Waals surface area contributed by atoms with Crippen molar-refractivity contribution in [2.75, 3.05) is 0 Å². The Morgan fingerprint density at radius 3 is 2.32 bits per heavy atom. The topological polar surface area (TPSA) is 46.2 Å². The van der Waals surface area contributed by atoms with E-state index in [2.05, 4.69) is 5.32 Å². The predicted molar refractivity (Wildman–Crippen MR) is 92.2 cm³/mol. The molecule has 0 aliphatic heterocycles. The van der Waals surface area contributed by atoms with Crippen molar-refractivity contribution in [2.45, 2.75) is 38.6 Å². The lowest BCUT2D eigenvalue weighted by atomic mass is 10.0. The molecule has 25 heavy (non-hydrogen) atoms. The number of halogens is 2. The largest absolute Gasteiger partial charge is 0.350 e. The Labute approximate surface area is 146 Å². The van der Waals surface area contributed by atoms with Gasteiger partial charge in [0.1, 0.15) is 0 Å². The molecule has 1 unspecified atom stereocenters. The number of Topliss-reactive ketones (excluding diaryl/α,β-unsaturated/α-hetero) is 1. The molecular weight excluding hydrogens is 324 g/mol. The van der Waals surface area contributed by atoms with Crippen LogP contribution in [0.15, 0.2) is 48.5 Å². The molecule has 1 N–H and O–H groups in total. The Morgan fingerprint density at radius 2 is 1.64 bits per heavy atom. The zero-order chi connectivity index (χ0) is 18.2. The summed E-state index contributed by atoms with van der Waals surface area (Å²) < 4.78 is 26.1. The van der Waals surface area contributed by atoms with Gasteiger partial charge in [-0.2, -0.15) is 0 Å². The van der Waals surface area contributed by atoms with Crippen LogP contribution in [0.4, 0.5) is 8.78 Å². The summed E-state index contributed by atoms with van der Waals surface area (Å²) in [6.07, 6.45) is 1.90. The first-order valence-electron chi connectivity index (χ1n) is 8.30. The lowest BCUT2D eigenvalue weighted by Crippen LogP contribution is -2.26. The van der Waals surface area contributed by atoms with Gasteiger partial charge in [-0.25, -0.2) is 8.78 Å². The third kappa shape index (κ3) is 5.78. The number of carbonyl (C=O) groups is 2. The molecule has 2 aromatic rings. The van der Waals surface area contributed by atoms with E-state index in [-0.39, 0.29) is 18.1 Å². The van der Waals surface area contributed by atoms with Gasteiger partial charge in [-0.15, -0.1) is 0 Å². The van der Waals surface area contributed by atoms with Crippen molar-refractivity contribution in [3.8, 4) is 0 Å². The van der Waals surface area contributed by atoms with E-state index in [0.29, 0.717) is 30.4 Å². The Morgan fingerprint density at radius 1 is 0.960 bits per heavy atom. The molecule has 0 heterocycles. The van der Waals surface area contributed by atoms with E-state index < -0.39 is 17.7 Å². The van der Waals surface area contributed by atoms with E-state index in [1.54, 1.807) is 19.1 Å². The molecule has 0 aromatic heterocycles. The number of ketones is 1. The summed E-state index contributed by atoms with van der Waals surface area (Å²) in [6.45, 7) is 1.71. The molecule has 0 radical (unpaired) electrons. The SMILES string of the molecule is CC(NC(=O)CCCCC(=O)c1ccccc1)c1ccc(F)c(F)c1. The van der Waals surface area contributed by atoms with E-state index in [1.165, 1.54) is 6.07 Å². The average molecular weight is 345 g/mol. The summed E-state index contributed by atoms with van der Waals surface area (Å²) in [5.74, 6) is -1.95. The van der Waals surface area contributed by atoms with Gasteiger partial charge in [0.25, 0.3) is 0 Å². The number of amides is 1. The average Bonchev–Trinajstić information content (AvgIpc) is 2.61. The minimum absolute atomic E-state index is 0.0659. The molecule has 2 aromatic carbocycles. The van der Waals surface area contributed by atoms with E-state index >= 15 is 0 Å². The molecule has 0 bridgehead atoms. The molecule has 0 aliphatic rings. The van der Waals surface area contributed by atoms with Crippen molar-refractivity contribution in [1.82, 2.24) is 5.32 Å². The van der Waals surface area contributed by atoms with Crippen molar-refractivity contribution in [3.63, 3.8) is 0 Å². The van der Waals surface area contributed by atoms with Crippen molar-refractivity contribution >= 4 is 11.7 Å². The number of hydrogen-bond donors (Lipinski definition) is 1. The molecule has 0 saturated carbocycles. The van der Waals surface area contributed by atoms with Crippen LogP contribution < -0.4 is 5.32 Å². The second-order valence-corrected chi connectivity index (χ2v) is 5.96. The van der Waals surface area contributed by atoms with Gasteiger partial charge in [0.15, 0.2) is 17.4 Å². The molecule has 0 fully saturated rings. The van der Waals surface area contributed by atoms with Gasteiger partial charge in [0, 0.05) is 18.4 Å². The van der Waals surface area contributed by atoms with Gasteiger partial charge in [0.05, 0.1) is 6.04 Å². The summed E-state index contributed by atoms with van der Waals surface area (Å²) in [5, 5.41) is 2.75. The fourth-order valence-electron chi connectivity index (χ4n) is 2.52. The van der Waals surface area contributed by atoms with Crippen LogP contribution in [-0.2, 0) is 4.79 Å². The molecule has 5 heteroatoms. The molecule has 0 spiro atoms. The summed E-state index contributed by atoms with van der Waals surface area (Å²) in [4.78, 5) is 23.9. The molecule has 3 nitrogen and oxygen atoms in total. The Hall–Kier alpha value is -2.56. The maximum Gasteiger partial charge on any atom is 0.220 e. The van der Waals surface area contributed by atoms with E-state index in [9.17, 15) is 18.4 Å². The minimum Gasteiger partial charge on any atom is -0.350 e. The quantitative estimate of drug-likeness (QED) is 0.562. The lowest BCUT2D eigenvalue weighted by Gasteiger charge is -2.14. The van der Waals surface area contributed by atoms with Crippen molar-refractivity contribution in [1.29, 1.82) is 0 Å². The highest BCUT2D eigenvalue weighted by Crippen LogP contribution is 2.16. The van der Waals surface area contributed by atoms with Crippen molar-refractivity contribution in [3.05, 3.63) is 71.3 Å². The van der Waals surface area contributed by atoms with Gasteiger partial charge >= 0.3 is 0 Å². The van der Waals surface area contributed by atoms with Crippen LogP contribution in [0.2, 0.25) is 0 Å². The van der Waals surface area contributed by atoms with E-state index in [0.717, 1.165) is 12.1 Å². The molecule has 0 saturated heterocycles. The molecule has 2 rings (SSSR count). The van der Waals surface area contributed by atoms with Gasteiger partial charge in [0.2, 0.25) is 5.91 Å². The van der Waals surface area contributed by atoms with Crippen LogP contribution in [0.25, 0.3) is 0 Å². The smallest absolute Gasteiger partial charge is 0.220 e. The van der Waals surface area contributed by atoms with Gasteiger partial charge in [-0.3, -0.25) is 9.59 Å². The molecule has 1 amide bonds. The van der Waals surface area contributed by atoms with Crippen LogP contribution in [0, 0.1) is 11.6 Å². The number of hydrogen-bond acceptors (Lipinski definition) is 2. The number of unbranched alkanes of at least 4 members (excludes halogenated alkanes) is 1. The molecule has 1 atom stereocenters. The normalized spacial score (nSPS) is 11.8. The number of rotatable bonds is 8. The summed E-state index contributed by atoms with van der Waals surface area (Å²) in [6, 6.07) is 12.2. The molecule has 132 valence electrons. The summed E-state index contributed by atoms with van der Waals surface area (Å²) in [7, 11) is 0. The first-order valence-corrected chi connectivity index (χ1v) is 8.30. The van der Waals surface area contributed by atoms with E-state index in [1.807, 2.05) is 18.2 Å². The highest BCUT2D eigenvalue weighted by atomic mass is 19.2. The number of carbonyl (C=O) groups excluding carboxylic acids is 2. The fraction of sp³-hybridized carbons (Fsp3) is 0.300. The zero-order valence-corrected chi connectivity index (χ0v) is 14.1. The fourth-order valence-corrected chi connectivity index (χ4v) is 2.52. The maximum absolute atomic E-state index is 13.2. The van der Waals surface area contributed by atoms with Crippen LogP contribution in [0.3, 0.4) is 0 Å². The third-order valence-corrected chi connectivity index (χ3v) is 3.97. The van der Waals surface area contributed by atoms with Crippen LogP contribution >= 0.6 is 0 Å². The Kier molecular flexibility index (Phi) is 6.81. The Balaban J connectivity index is 1.71. The summed E-state index contributed by atoms with van der Waals surface area (Å²) in [5.41, 5.74) is 1.19. The van der Waals surface area contributed by atoms with Crippen LogP contribution in [0.5, 0.6) is 0 Å². The molecular formula is C20H21F2NO2. The second kappa shape index (κ2) is 9.06. The van der Waals surface area contributed by atoms with Gasteiger partial charge < -0.3 is 5.32 Å². The minimum atomic E-state index is -0.932. The number of nitrogens with one attached hydrogen (secondary N) is 1. The maximum atomic E-state index is 13.2. The highest BCUT2D eigenvalue weighted by molar-refractivity contribution is 5.95. The zero-order valence-electron chi connectivity index (χ0n) is 14.1. The molecule has 0 aliphatic carbocycles. The number of benzene rings is 2. The highest BCUT2D eigenvalue weighted by Gasteiger charge is 2.12. The van der Waals surface area contributed by atoms with E-state index in [4.69, 9.17) is 0 Å². The third-order valence-electron chi connectivity index (χ3n) is 3.97. The van der Waals surface area contributed by atoms with Gasteiger partial charge in [-0.05, 0) is 37.5 Å². The standard InChI is InChI=1S/C20H21F2NO2/c1-14(16-11-12-17(21)18(22)13-16)23-20(25)10-6-5-9-19(24)15-7-3-2-4-8-15/h2-4,7-8,11-14H,5-6,9-10H2,1H3,(H,23,25). The Bertz CT molecular complexity index is 732. The van der Waals surface area contributed by atoms with Crippen LogP contribution in [0.1, 0.15) is 54.6 Å². The van der Waals surface area contributed by atoms with Crippen molar-refractivity contribution in [2.24, 2.45) is 0 Å². The lowest BCUT2D eigenvalue weighted by molar-refractivity contribution is -0.121. The first kappa shape index (κ1) is 18.8.